The summed E-state index contributed by atoms with van der Waals surface area (Å²) in [6, 6.07) is 16.4. The van der Waals surface area contributed by atoms with Gasteiger partial charge in [-0.1, -0.05) is 42.5 Å². The third kappa shape index (κ3) is 7.01. The average Bonchev–Trinajstić information content (AvgIpc) is 2.66. The molecule has 2 atom stereocenters. The van der Waals surface area contributed by atoms with E-state index in [-0.39, 0.29) is 24.5 Å². The number of urea groups is 1. The maximum absolute atomic E-state index is 12.4. The highest BCUT2D eigenvalue weighted by atomic mass is 16.5. The van der Waals surface area contributed by atoms with Crippen LogP contribution in [0.1, 0.15) is 36.9 Å². The van der Waals surface area contributed by atoms with Crippen molar-refractivity contribution in [3.8, 4) is 5.75 Å². The second-order valence-electron chi connectivity index (χ2n) is 6.44. The van der Waals surface area contributed by atoms with Gasteiger partial charge in [0.1, 0.15) is 5.75 Å². The number of benzene rings is 2. The van der Waals surface area contributed by atoms with Crippen molar-refractivity contribution < 1.29 is 19.4 Å². The van der Waals surface area contributed by atoms with Gasteiger partial charge in [-0.2, -0.15) is 0 Å². The molecule has 2 aromatic carbocycles. The number of amides is 2. The molecule has 0 spiro atoms. The van der Waals surface area contributed by atoms with Gasteiger partial charge in [0, 0.05) is 12.5 Å². The molecule has 2 unspecified atom stereocenters. The highest BCUT2D eigenvalue weighted by Crippen LogP contribution is 2.18. The number of ether oxygens (including phenoxy) is 1. The van der Waals surface area contributed by atoms with E-state index in [9.17, 15) is 9.59 Å². The van der Waals surface area contributed by atoms with Crippen LogP contribution in [-0.2, 0) is 11.2 Å². The fourth-order valence-electron chi connectivity index (χ4n) is 2.84. The third-order valence-corrected chi connectivity index (χ3v) is 4.31. The minimum atomic E-state index is -0.875. The Balaban J connectivity index is 1.97. The van der Waals surface area contributed by atoms with E-state index in [2.05, 4.69) is 10.6 Å². The summed E-state index contributed by atoms with van der Waals surface area (Å²) >= 11 is 0. The van der Waals surface area contributed by atoms with Crippen LogP contribution in [0.3, 0.4) is 0 Å². The van der Waals surface area contributed by atoms with Gasteiger partial charge in [0.25, 0.3) is 0 Å². The summed E-state index contributed by atoms with van der Waals surface area (Å²) in [5, 5.41) is 14.8. The van der Waals surface area contributed by atoms with Crippen LogP contribution >= 0.6 is 0 Å². The van der Waals surface area contributed by atoms with Gasteiger partial charge in [-0.15, -0.1) is 0 Å². The fourth-order valence-corrected chi connectivity index (χ4v) is 2.84. The molecular weight excluding hydrogens is 344 g/mol. The van der Waals surface area contributed by atoms with E-state index in [1.807, 2.05) is 61.5 Å². The van der Waals surface area contributed by atoms with Gasteiger partial charge in [-0.05, 0) is 43.0 Å². The molecule has 0 heterocycles. The summed E-state index contributed by atoms with van der Waals surface area (Å²) in [4.78, 5) is 23.4. The Morgan fingerprint density at radius 1 is 1.07 bits per heavy atom. The number of rotatable bonds is 9. The minimum absolute atomic E-state index is 0.00319. The van der Waals surface area contributed by atoms with Gasteiger partial charge in [0.15, 0.2) is 0 Å². The van der Waals surface area contributed by atoms with Gasteiger partial charge in [0.2, 0.25) is 0 Å². The number of hydrogen-bond donors (Lipinski definition) is 3. The SMILES string of the molecule is COc1cccc(C(C)NC(=O)NC(CCC(=O)O)Cc2ccccc2)c1. The summed E-state index contributed by atoms with van der Waals surface area (Å²) in [7, 11) is 1.60. The first-order chi connectivity index (χ1) is 13.0. The van der Waals surface area contributed by atoms with E-state index in [1.54, 1.807) is 7.11 Å². The van der Waals surface area contributed by atoms with Gasteiger partial charge in [-0.25, -0.2) is 4.79 Å². The van der Waals surface area contributed by atoms with E-state index in [0.717, 1.165) is 16.9 Å². The fraction of sp³-hybridized carbons (Fsp3) is 0.333. The Kier molecular flexibility index (Phi) is 7.67. The summed E-state index contributed by atoms with van der Waals surface area (Å²) in [5.74, 6) is -0.148. The lowest BCUT2D eigenvalue weighted by molar-refractivity contribution is -0.137. The van der Waals surface area contributed by atoms with Crippen molar-refractivity contribution in [1.29, 1.82) is 0 Å². The maximum Gasteiger partial charge on any atom is 0.315 e. The summed E-state index contributed by atoms with van der Waals surface area (Å²) in [6.07, 6.45) is 0.948. The van der Waals surface area contributed by atoms with Gasteiger partial charge in [-0.3, -0.25) is 4.79 Å². The molecule has 0 aliphatic carbocycles. The second kappa shape index (κ2) is 10.2. The topological polar surface area (TPSA) is 87.7 Å². The summed E-state index contributed by atoms with van der Waals surface area (Å²) in [6.45, 7) is 1.89. The maximum atomic E-state index is 12.4. The molecule has 27 heavy (non-hydrogen) atoms. The van der Waals surface area contributed by atoms with Gasteiger partial charge < -0.3 is 20.5 Å². The molecule has 144 valence electrons. The molecular formula is C21H26N2O4. The van der Waals surface area contributed by atoms with Crippen molar-refractivity contribution in [2.75, 3.05) is 7.11 Å². The molecule has 0 aliphatic rings. The van der Waals surface area contributed by atoms with Crippen molar-refractivity contribution >= 4 is 12.0 Å². The van der Waals surface area contributed by atoms with E-state index >= 15 is 0 Å². The number of aliphatic carboxylic acids is 1. The Hall–Kier alpha value is -3.02. The number of methoxy groups -OCH3 is 1. The zero-order chi connectivity index (χ0) is 19.6. The second-order valence-corrected chi connectivity index (χ2v) is 6.44. The molecule has 6 heteroatoms. The Morgan fingerprint density at radius 3 is 2.48 bits per heavy atom. The van der Waals surface area contributed by atoms with Crippen LogP contribution < -0.4 is 15.4 Å². The summed E-state index contributed by atoms with van der Waals surface area (Å²) in [5.41, 5.74) is 1.98. The van der Waals surface area contributed by atoms with Crippen molar-refractivity contribution in [2.45, 2.75) is 38.3 Å². The Bertz CT molecular complexity index is 749. The Morgan fingerprint density at radius 2 is 1.81 bits per heavy atom. The zero-order valence-corrected chi connectivity index (χ0v) is 15.6. The predicted octanol–water partition coefficient (Wildman–Crippen LogP) is 3.53. The molecule has 2 aromatic rings. The molecule has 6 nitrogen and oxygen atoms in total. The summed E-state index contributed by atoms with van der Waals surface area (Å²) < 4.78 is 5.21. The minimum Gasteiger partial charge on any atom is -0.497 e. The number of nitrogens with one attached hydrogen (secondary N) is 2. The number of carboxylic acid groups (broad SMARTS) is 1. The zero-order valence-electron chi connectivity index (χ0n) is 15.6. The first kappa shape index (κ1) is 20.3. The molecule has 0 saturated carbocycles. The molecule has 0 radical (unpaired) electrons. The lowest BCUT2D eigenvalue weighted by Crippen LogP contribution is -2.44. The molecule has 2 rings (SSSR count). The average molecular weight is 370 g/mol. The van der Waals surface area contributed by atoms with Crippen molar-refractivity contribution in [2.24, 2.45) is 0 Å². The first-order valence-corrected chi connectivity index (χ1v) is 8.94. The van der Waals surface area contributed by atoms with Crippen LogP contribution in [0.15, 0.2) is 54.6 Å². The number of carboxylic acids is 1. The number of hydrogen-bond acceptors (Lipinski definition) is 3. The van der Waals surface area contributed by atoms with E-state index in [1.165, 1.54) is 0 Å². The predicted molar refractivity (Wildman–Crippen MR) is 104 cm³/mol. The van der Waals surface area contributed by atoms with Crippen molar-refractivity contribution in [3.63, 3.8) is 0 Å². The first-order valence-electron chi connectivity index (χ1n) is 8.94. The monoisotopic (exact) mass is 370 g/mol. The van der Waals surface area contributed by atoms with Gasteiger partial charge in [0.05, 0.1) is 13.2 Å². The standard InChI is InChI=1S/C21H26N2O4/c1-15(17-9-6-10-19(14-17)27-2)22-21(26)23-18(11-12-20(24)25)13-16-7-4-3-5-8-16/h3-10,14-15,18H,11-13H2,1-2H3,(H,24,25)(H2,22,23,26). The molecule has 0 fully saturated rings. The molecule has 0 bridgehead atoms. The molecule has 0 saturated heterocycles. The van der Waals surface area contributed by atoms with Crippen LogP contribution in [0, 0.1) is 0 Å². The van der Waals surface area contributed by atoms with Crippen LogP contribution in [0.25, 0.3) is 0 Å². The van der Waals surface area contributed by atoms with E-state index < -0.39 is 5.97 Å². The van der Waals surface area contributed by atoms with E-state index in [0.29, 0.717) is 12.8 Å². The van der Waals surface area contributed by atoms with Gasteiger partial charge >= 0.3 is 12.0 Å². The number of carbonyl (C=O) groups excluding carboxylic acids is 1. The van der Waals surface area contributed by atoms with Crippen LogP contribution in [0.5, 0.6) is 5.75 Å². The lowest BCUT2D eigenvalue weighted by Gasteiger charge is -2.21. The van der Waals surface area contributed by atoms with Crippen LogP contribution in [0.4, 0.5) is 4.79 Å². The molecule has 2 amide bonds. The van der Waals surface area contributed by atoms with E-state index in [4.69, 9.17) is 9.84 Å². The number of carbonyl (C=O) groups is 2. The quantitative estimate of drug-likeness (QED) is 0.630. The van der Waals surface area contributed by atoms with Crippen molar-refractivity contribution in [3.05, 3.63) is 65.7 Å². The highest BCUT2D eigenvalue weighted by Gasteiger charge is 2.17. The smallest absolute Gasteiger partial charge is 0.315 e. The Labute approximate surface area is 159 Å². The lowest BCUT2D eigenvalue weighted by atomic mass is 10.0. The molecule has 0 aliphatic heterocycles. The van der Waals surface area contributed by atoms with Crippen molar-refractivity contribution in [1.82, 2.24) is 10.6 Å². The van der Waals surface area contributed by atoms with Crippen LogP contribution in [-0.4, -0.2) is 30.3 Å². The molecule has 0 aromatic heterocycles. The largest absolute Gasteiger partial charge is 0.497 e. The highest BCUT2D eigenvalue weighted by molar-refractivity contribution is 5.75. The third-order valence-electron chi connectivity index (χ3n) is 4.31. The normalized spacial score (nSPS) is 12.7. The van der Waals surface area contributed by atoms with Crippen LogP contribution in [0.2, 0.25) is 0 Å². The molecule has 3 N–H and O–H groups in total.